The zero-order valence-corrected chi connectivity index (χ0v) is 19.0. The van der Waals surface area contributed by atoms with Gasteiger partial charge in [0.1, 0.15) is 12.4 Å². The zero-order valence-electron chi connectivity index (χ0n) is 19.0. The summed E-state index contributed by atoms with van der Waals surface area (Å²) in [5, 5.41) is 8.91. The van der Waals surface area contributed by atoms with Crippen LogP contribution in [0.25, 0.3) is 0 Å². The molecule has 6 nitrogen and oxygen atoms in total. The van der Waals surface area contributed by atoms with Gasteiger partial charge in [0.25, 0.3) is 5.91 Å². The molecule has 0 saturated carbocycles. The van der Waals surface area contributed by atoms with E-state index in [4.69, 9.17) is 19.6 Å². The number of carbonyl (C=O) groups is 1. The van der Waals surface area contributed by atoms with Crippen LogP contribution in [0.5, 0.6) is 5.75 Å². The van der Waals surface area contributed by atoms with E-state index in [0.29, 0.717) is 38.4 Å². The monoisotopic (exact) mass is 456 g/mol. The lowest BCUT2D eigenvalue weighted by atomic mass is 9.91. The van der Waals surface area contributed by atoms with E-state index in [0.717, 1.165) is 28.0 Å². The van der Waals surface area contributed by atoms with Gasteiger partial charge in [-0.25, -0.2) is 4.99 Å². The molecule has 0 aliphatic carbocycles. The summed E-state index contributed by atoms with van der Waals surface area (Å²) < 4.78 is 11.7. The lowest BCUT2D eigenvalue weighted by Gasteiger charge is -2.28. The molecule has 34 heavy (non-hydrogen) atoms. The molecule has 3 aromatic carbocycles. The molecule has 0 aromatic heterocycles. The number of nitrogens with zero attached hydrogens (tertiary/aromatic N) is 2. The molecule has 6 heteroatoms. The quantitative estimate of drug-likeness (QED) is 0.550. The van der Waals surface area contributed by atoms with Gasteiger partial charge in [0.05, 0.1) is 6.61 Å². The molecule has 2 heterocycles. The van der Waals surface area contributed by atoms with Gasteiger partial charge in [-0.05, 0) is 41.0 Å². The van der Waals surface area contributed by atoms with Crippen LogP contribution >= 0.6 is 0 Å². The maximum atomic E-state index is 13.9. The van der Waals surface area contributed by atoms with Crippen molar-refractivity contribution in [2.24, 2.45) is 4.99 Å². The highest BCUT2D eigenvalue weighted by Crippen LogP contribution is 2.34. The highest BCUT2D eigenvalue weighted by Gasteiger charge is 2.48. The van der Waals surface area contributed by atoms with Crippen molar-refractivity contribution in [3.63, 3.8) is 0 Å². The van der Waals surface area contributed by atoms with E-state index in [2.05, 4.69) is 12.1 Å². The highest BCUT2D eigenvalue weighted by molar-refractivity contribution is 6.00. The lowest BCUT2D eigenvalue weighted by molar-refractivity contribution is -0.138. The Morgan fingerprint density at radius 1 is 0.971 bits per heavy atom. The minimum Gasteiger partial charge on any atom is -0.494 e. The second-order valence-corrected chi connectivity index (χ2v) is 8.78. The Morgan fingerprint density at radius 2 is 1.71 bits per heavy atom. The molecule has 0 bridgehead atoms. The van der Waals surface area contributed by atoms with Crippen LogP contribution in [-0.4, -0.2) is 47.2 Å². The Kier molecular flexibility index (Phi) is 6.32. The molecule has 5 rings (SSSR count). The van der Waals surface area contributed by atoms with E-state index in [1.54, 1.807) is 0 Å². The molecule has 174 valence electrons. The first kappa shape index (κ1) is 22.2. The number of hydrogen-bond acceptors (Lipinski definition) is 5. The fourth-order valence-electron chi connectivity index (χ4n) is 4.52. The minimum absolute atomic E-state index is 0.00786. The van der Waals surface area contributed by atoms with Gasteiger partial charge < -0.3 is 19.5 Å². The van der Waals surface area contributed by atoms with Crippen molar-refractivity contribution in [3.05, 3.63) is 101 Å². The van der Waals surface area contributed by atoms with Crippen LogP contribution in [0.3, 0.4) is 0 Å². The maximum Gasteiger partial charge on any atom is 0.255 e. The molecule has 1 N–H and O–H groups in total. The summed E-state index contributed by atoms with van der Waals surface area (Å²) in [5.41, 5.74) is 3.20. The topological polar surface area (TPSA) is 71.4 Å². The first-order valence-electron chi connectivity index (χ1n) is 11.6. The van der Waals surface area contributed by atoms with Gasteiger partial charge in [0.2, 0.25) is 5.90 Å². The minimum atomic E-state index is -0.979. The van der Waals surface area contributed by atoms with E-state index in [-0.39, 0.29) is 19.1 Å². The maximum absolute atomic E-state index is 13.9. The van der Waals surface area contributed by atoms with Gasteiger partial charge >= 0.3 is 0 Å². The molecule has 0 unspecified atom stereocenters. The predicted octanol–water partition coefficient (Wildman–Crippen LogP) is 3.75. The van der Waals surface area contributed by atoms with Gasteiger partial charge in [0.15, 0.2) is 5.54 Å². The molecule has 0 radical (unpaired) electrons. The molecule has 3 aromatic rings. The number of aliphatic hydroxyl groups excluding tert-OH is 1. The Bertz CT molecular complexity index is 1180. The Hall–Kier alpha value is -3.64. The Balaban J connectivity index is 1.44. The first-order valence-corrected chi connectivity index (χ1v) is 11.6. The summed E-state index contributed by atoms with van der Waals surface area (Å²) in [5.74, 6) is 1.19. The number of hydrogen-bond donors (Lipinski definition) is 1. The van der Waals surface area contributed by atoms with E-state index < -0.39 is 5.54 Å². The summed E-state index contributed by atoms with van der Waals surface area (Å²) >= 11 is 0. The van der Waals surface area contributed by atoms with Crippen LogP contribution in [-0.2, 0) is 29.0 Å². The number of ether oxygens (including phenoxy) is 2. The predicted molar refractivity (Wildman–Crippen MR) is 130 cm³/mol. The van der Waals surface area contributed by atoms with Crippen LogP contribution in [0.2, 0.25) is 0 Å². The second-order valence-electron chi connectivity index (χ2n) is 8.78. The SMILES string of the molecule is O=C1N(Cc2ccccc2)Cc2ccccc2C[C@@]12COC(c1ccc(OCCCO)cc1)=N2. The van der Waals surface area contributed by atoms with Crippen LogP contribution in [0.15, 0.2) is 83.9 Å². The zero-order chi connectivity index (χ0) is 23.4. The Labute approximate surface area is 199 Å². The van der Waals surface area contributed by atoms with Crippen LogP contribution < -0.4 is 4.74 Å². The van der Waals surface area contributed by atoms with Gasteiger partial charge in [-0.3, -0.25) is 4.79 Å². The third-order valence-electron chi connectivity index (χ3n) is 6.30. The molecular weight excluding hydrogens is 428 g/mol. The number of aliphatic imine (C=N–C) groups is 1. The second kappa shape index (κ2) is 9.69. The molecule has 1 atom stereocenters. The van der Waals surface area contributed by atoms with Crippen molar-refractivity contribution in [2.45, 2.75) is 31.5 Å². The van der Waals surface area contributed by atoms with Gasteiger partial charge in [-0.1, -0.05) is 54.6 Å². The number of benzene rings is 3. The largest absolute Gasteiger partial charge is 0.494 e. The third-order valence-corrected chi connectivity index (χ3v) is 6.30. The van der Waals surface area contributed by atoms with Crippen LogP contribution in [0.4, 0.5) is 0 Å². The van der Waals surface area contributed by atoms with Crippen molar-refractivity contribution in [2.75, 3.05) is 19.8 Å². The number of fused-ring (bicyclic) bond motifs is 1. The van der Waals surface area contributed by atoms with Crippen molar-refractivity contribution >= 4 is 11.8 Å². The molecule has 2 aliphatic rings. The third kappa shape index (κ3) is 4.54. The fourth-order valence-corrected chi connectivity index (χ4v) is 4.52. The van der Waals surface area contributed by atoms with E-state index >= 15 is 0 Å². The lowest BCUT2D eigenvalue weighted by Crippen LogP contribution is -2.48. The van der Waals surface area contributed by atoms with Crippen molar-refractivity contribution in [3.8, 4) is 5.75 Å². The molecule has 1 amide bonds. The molecule has 1 spiro atoms. The summed E-state index contributed by atoms with van der Waals surface area (Å²) in [4.78, 5) is 20.7. The van der Waals surface area contributed by atoms with Crippen molar-refractivity contribution < 1.29 is 19.4 Å². The van der Waals surface area contributed by atoms with Crippen LogP contribution in [0, 0.1) is 0 Å². The van der Waals surface area contributed by atoms with Crippen molar-refractivity contribution in [1.82, 2.24) is 4.90 Å². The summed E-state index contributed by atoms with van der Waals surface area (Å²) in [7, 11) is 0. The first-order chi connectivity index (χ1) is 16.7. The number of carbonyl (C=O) groups excluding carboxylic acids is 1. The molecule has 0 fully saturated rings. The number of amides is 1. The molecule has 0 saturated heterocycles. The summed E-state index contributed by atoms with van der Waals surface area (Å²) in [6, 6.07) is 25.8. The van der Waals surface area contributed by atoms with Crippen LogP contribution in [0.1, 0.15) is 28.7 Å². The fraction of sp³-hybridized carbons (Fsp3) is 0.286. The number of aliphatic hydroxyl groups is 1. The average Bonchev–Trinajstić information content (AvgIpc) is 3.26. The normalized spacial score (nSPS) is 19.4. The summed E-state index contributed by atoms with van der Waals surface area (Å²) in [6.45, 7) is 1.86. The van der Waals surface area contributed by atoms with Gasteiger partial charge in [0, 0.05) is 38.1 Å². The van der Waals surface area contributed by atoms with Crippen molar-refractivity contribution in [1.29, 1.82) is 0 Å². The molecular formula is C28H28N2O4. The van der Waals surface area contributed by atoms with E-state index in [1.165, 1.54) is 0 Å². The van der Waals surface area contributed by atoms with Gasteiger partial charge in [-0.2, -0.15) is 0 Å². The smallest absolute Gasteiger partial charge is 0.255 e. The average molecular weight is 457 g/mol. The number of rotatable bonds is 7. The molecule has 2 aliphatic heterocycles. The van der Waals surface area contributed by atoms with E-state index in [9.17, 15) is 4.79 Å². The van der Waals surface area contributed by atoms with E-state index in [1.807, 2.05) is 71.6 Å². The van der Waals surface area contributed by atoms with Gasteiger partial charge in [-0.15, -0.1) is 0 Å². The highest BCUT2D eigenvalue weighted by atomic mass is 16.5. The Morgan fingerprint density at radius 3 is 2.47 bits per heavy atom. The summed E-state index contributed by atoms with van der Waals surface area (Å²) in [6.07, 6.45) is 1.10. The standard InChI is InChI=1S/C28H28N2O4/c31-15-6-16-33-25-13-11-22(12-14-25)26-29-28(20-34-26)17-23-9-4-5-10-24(23)19-30(27(28)32)18-21-7-2-1-3-8-21/h1-5,7-14,31H,6,15-20H2/t28-/m1/s1.